The minimum absolute atomic E-state index is 0.945. The van der Waals surface area contributed by atoms with Crippen LogP contribution in [0.3, 0.4) is 0 Å². The highest BCUT2D eigenvalue weighted by Crippen LogP contribution is 2.32. The molecule has 0 unspecified atom stereocenters. The molecule has 124 valence electrons. The third-order valence-electron chi connectivity index (χ3n) is 4.72. The minimum atomic E-state index is 0.945. The maximum atomic E-state index is 5.05. The van der Waals surface area contributed by atoms with Crippen LogP contribution in [0, 0.1) is 13.8 Å². The smallest absolute Gasteiger partial charge is 0.0853 e. The molecule has 0 atom stereocenters. The van der Waals surface area contributed by atoms with Crippen molar-refractivity contribution >= 4 is 37.6 Å². The Labute approximate surface area is 156 Å². The molecule has 0 aliphatic heterocycles. The van der Waals surface area contributed by atoms with Crippen LogP contribution < -0.4 is 0 Å². The van der Waals surface area contributed by atoms with Gasteiger partial charge in [-0.2, -0.15) is 0 Å². The van der Waals surface area contributed by atoms with Crippen LogP contribution in [-0.4, -0.2) is 4.98 Å². The number of fused-ring (bicyclic) bond motifs is 3. The van der Waals surface area contributed by atoms with E-state index in [1.54, 1.807) is 0 Å². The van der Waals surface area contributed by atoms with Gasteiger partial charge in [-0.3, -0.25) is 4.98 Å². The van der Waals surface area contributed by atoms with Crippen LogP contribution in [-0.2, 0) is 12.8 Å². The number of halogens is 1. The fraction of sp³-hybridized carbons (Fsp3) is 0.174. The Morgan fingerprint density at radius 1 is 0.760 bits per heavy atom. The second kappa shape index (κ2) is 6.61. The third-order valence-corrected chi connectivity index (χ3v) is 5.33. The van der Waals surface area contributed by atoms with E-state index in [1.807, 2.05) is 0 Å². The van der Waals surface area contributed by atoms with Gasteiger partial charge in [0.05, 0.1) is 5.52 Å². The molecule has 1 heterocycles. The molecule has 0 spiro atoms. The molecule has 0 aliphatic carbocycles. The standard InChI is InChI=1S/C23H20BrN/c1-15-8-10-18-19(12-15)22(11-9-17-6-4-3-5-7-17)25-23-20(18)13-16(2)14-21(23)24/h3-8,10,12-14H,9,11H2,1-2H3. The first-order chi connectivity index (χ1) is 12.1. The predicted molar refractivity (Wildman–Crippen MR) is 110 cm³/mol. The lowest BCUT2D eigenvalue weighted by Gasteiger charge is -2.12. The highest BCUT2D eigenvalue weighted by molar-refractivity contribution is 9.10. The van der Waals surface area contributed by atoms with E-state index >= 15 is 0 Å². The van der Waals surface area contributed by atoms with Crippen molar-refractivity contribution in [3.8, 4) is 0 Å². The zero-order chi connectivity index (χ0) is 17.4. The van der Waals surface area contributed by atoms with Crippen molar-refractivity contribution < 1.29 is 0 Å². The fourth-order valence-corrected chi connectivity index (χ4v) is 4.14. The van der Waals surface area contributed by atoms with E-state index in [4.69, 9.17) is 4.98 Å². The lowest BCUT2D eigenvalue weighted by Crippen LogP contribution is -1.98. The van der Waals surface area contributed by atoms with E-state index in [-0.39, 0.29) is 0 Å². The summed E-state index contributed by atoms with van der Waals surface area (Å²) < 4.78 is 1.07. The van der Waals surface area contributed by atoms with E-state index in [9.17, 15) is 0 Å². The molecule has 0 bridgehead atoms. The minimum Gasteiger partial charge on any atom is -0.251 e. The molecule has 0 saturated carbocycles. The number of nitrogens with zero attached hydrogens (tertiary/aromatic N) is 1. The predicted octanol–water partition coefficient (Wildman–Crippen LogP) is 6.55. The molecule has 0 N–H and O–H groups in total. The highest BCUT2D eigenvalue weighted by Gasteiger charge is 2.11. The second-order valence-electron chi connectivity index (χ2n) is 6.74. The van der Waals surface area contributed by atoms with Crippen molar-refractivity contribution in [2.24, 2.45) is 0 Å². The first-order valence-electron chi connectivity index (χ1n) is 8.65. The SMILES string of the molecule is Cc1ccc2c(c1)c(CCc1ccccc1)nc1c(Br)cc(C)cc12. The molecule has 1 aromatic heterocycles. The Morgan fingerprint density at radius 2 is 1.52 bits per heavy atom. The summed E-state index contributed by atoms with van der Waals surface area (Å²) in [4.78, 5) is 5.05. The molecular formula is C23H20BrN. The zero-order valence-corrected chi connectivity index (χ0v) is 16.1. The van der Waals surface area contributed by atoms with Gasteiger partial charge in [0.25, 0.3) is 0 Å². The Bertz CT molecular complexity index is 1070. The van der Waals surface area contributed by atoms with Crippen LogP contribution in [0.2, 0.25) is 0 Å². The van der Waals surface area contributed by atoms with Crippen molar-refractivity contribution in [2.45, 2.75) is 26.7 Å². The molecule has 4 aromatic rings. The summed E-state index contributed by atoms with van der Waals surface area (Å²) in [6, 6.07) is 21.7. The highest BCUT2D eigenvalue weighted by atomic mass is 79.9. The van der Waals surface area contributed by atoms with Gasteiger partial charge in [-0.25, -0.2) is 0 Å². The van der Waals surface area contributed by atoms with Gasteiger partial charge in [0, 0.05) is 20.9 Å². The fourth-order valence-electron chi connectivity index (χ4n) is 3.48. The maximum absolute atomic E-state index is 5.05. The lowest BCUT2D eigenvalue weighted by molar-refractivity contribution is 0.933. The molecule has 0 radical (unpaired) electrons. The van der Waals surface area contributed by atoms with Gasteiger partial charge in [0.1, 0.15) is 0 Å². The third kappa shape index (κ3) is 3.19. The molecule has 4 rings (SSSR count). The van der Waals surface area contributed by atoms with E-state index in [0.717, 1.165) is 22.8 Å². The molecule has 0 fully saturated rings. The van der Waals surface area contributed by atoms with Crippen molar-refractivity contribution in [3.05, 3.63) is 87.5 Å². The van der Waals surface area contributed by atoms with Crippen LogP contribution in [0.4, 0.5) is 0 Å². The van der Waals surface area contributed by atoms with E-state index < -0.39 is 0 Å². The van der Waals surface area contributed by atoms with Crippen LogP contribution >= 0.6 is 15.9 Å². The quantitative estimate of drug-likeness (QED) is 0.361. The molecule has 3 aromatic carbocycles. The number of pyridine rings is 1. The van der Waals surface area contributed by atoms with Gasteiger partial charge in [0.15, 0.2) is 0 Å². The van der Waals surface area contributed by atoms with Crippen molar-refractivity contribution in [3.63, 3.8) is 0 Å². The summed E-state index contributed by atoms with van der Waals surface area (Å²) in [7, 11) is 0. The number of rotatable bonds is 3. The second-order valence-corrected chi connectivity index (χ2v) is 7.59. The molecule has 1 nitrogen and oxygen atoms in total. The van der Waals surface area contributed by atoms with Gasteiger partial charge >= 0.3 is 0 Å². The topological polar surface area (TPSA) is 12.9 Å². The number of benzene rings is 3. The number of hydrogen-bond donors (Lipinski definition) is 0. The Morgan fingerprint density at radius 3 is 2.32 bits per heavy atom. The van der Waals surface area contributed by atoms with Crippen LogP contribution in [0.1, 0.15) is 22.4 Å². The van der Waals surface area contributed by atoms with Crippen LogP contribution in [0.25, 0.3) is 21.7 Å². The van der Waals surface area contributed by atoms with Crippen LogP contribution in [0.5, 0.6) is 0 Å². The number of aryl methyl sites for hydroxylation is 4. The molecule has 0 amide bonds. The maximum Gasteiger partial charge on any atom is 0.0853 e. The summed E-state index contributed by atoms with van der Waals surface area (Å²) in [5.74, 6) is 0. The average Bonchev–Trinajstić information content (AvgIpc) is 2.61. The number of aromatic nitrogens is 1. The van der Waals surface area contributed by atoms with Gasteiger partial charge in [-0.15, -0.1) is 0 Å². The molecule has 25 heavy (non-hydrogen) atoms. The van der Waals surface area contributed by atoms with E-state index in [0.29, 0.717) is 0 Å². The summed E-state index contributed by atoms with van der Waals surface area (Å²) >= 11 is 3.72. The van der Waals surface area contributed by atoms with Gasteiger partial charge in [-0.1, -0.05) is 48.0 Å². The summed E-state index contributed by atoms with van der Waals surface area (Å²) in [5, 5.41) is 3.80. The molecule has 0 aliphatic rings. The van der Waals surface area contributed by atoms with Crippen molar-refractivity contribution in [1.82, 2.24) is 4.98 Å². The van der Waals surface area contributed by atoms with E-state index in [1.165, 1.54) is 38.5 Å². The summed E-state index contributed by atoms with van der Waals surface area (Å²) in [6.45, 7) is 4.28. The van der Waals surface area contributed by atoms with Gasteiger partial charge in [0.2, 0.25) is 0 Å². The zero-order valence-electron chi connectivity index (χ0n) is 14.5. The van der Waals surface area contributed by atoms with Crippen molar-refractivity contribution in [2.75, 3.05) is 0 Å². The average molecular weight is 390 g/mol. The van der Waals surface area contributed by atoms with Gasteiger partial charge in [-0.05, 0) is 77.3 Å². The molecule has 0 saturated heterocycles. The normalized spacial score (nSPS) is 11.3. The monoisotopic (exact) mass is 389 g/mol. The van der Waals surface area contributed by atoms with Crippen molar-refractivity contribution in [1.29, 1.82) is 0 Å². The Kier molecular flexibility index (Phi) is 4.30. The largest absolute Gasteiger partial charge is 0.251 e. The first kappa shape index (κ1) is 16.3. The van der Waals surface area contributed by atoms with Gasteiger partial charge < -0.3 is 0 Å². The Balaban J connectivity index is 1.90. The number of hydrogen-bond acceptors (Lipinski definition) is 1. The lowest BCUT2D eigenvalue weighted by atomic mass is 9.98. The summed E-state index contributed by atoms with van der Waals surface area (Å²) in [6.07, 6.45) is 1.95. The first-order valence-corrected chi connectivity index (χ1v) is 9.44. The summed E-state index contributed by atoms with van der Waals surface area (Å²) in [5.41, 5.74) is 6.12. The molecule has 2 heteroatoms. The molecular weight excluding hydrogens is 370 g/mol. The van der Waals surface area contributed by atoms with E-state index in [2.05, 4.69) is 90.4 Å². The van der Waals surface area contributed by atoms with Crippen LogP contribution in [0.15, 0.2) is 65.1 Å². The Hall–Kier alpha value is -2.19.